The normalized spacial score (nSPS) is 24.8. The van der Waals surface area contributed by atoms with Gasteiger partial charge in [-0.1, -0.05) is 37.3 Å². The molecule has 24 heavy (non-hydrogen) atoms. The van der Waals surface area contributed by atoms with Crippen LogP contribution in [0.1, 0.15) is 31.7 Å². The number of rotatable bonds is 4. The Morgan fingerprint density at radius 2 is 1.96 bits per heavy atom. The number of nitrogens with zero attached hydrogens (tertiary/aromatic N) is 2. The molecule has 2 heterocycles. The zero-order chi connectivity index (χ0) is 17.0. The van der Waals surface area contributed by atoms with Crippen molar-refractivity contribution < 1.29 is 14.6 Å². The Balaban J connectivity index is 1.63. The van der Waals surface area contributed by atoms with Crippen LogP contribution < -0.4 is 0 Å². The highest BCUT2D eigenvalue weighted by molar-refractivity contribution is 5.85. The lowest BCUT2D eigenvalue weighted by Gasteiger charge is -2.44. The van der Waals surface area contributed by atoms with Gasteiger partial charge in [-0.05, 0) is 12.0 Å². The molecule has 0 saturated carbocycles. The minimum absolute atomic E-state index is 0.108. The van der Waals surface area contributed by atoms with Crippen LogP contribution in [0.3, 0.4) is 0 Å². The van der Waals surface area contributed by atoms with Gasteiger partial charge in [0.25, 0.3) is 5.91 Å². The van der Waals surface area contributed by atoms with Gasteiger partial charge in [-0.25, -0.2) is 0 Å². The van der Waals surface area contributed by atoms with Gasteiger partial charge < -0.3 is 14.7 Å². The molecule has 0 spiro atoms. The quantitative estimate of drug-likeness (QED) is 0.911. The van der Waals surface area contributed by atoms with E-state index in [4.69, 9.17) is 4.74 Å². The Labute approximate surface area is 144 Å². The molecule has 1 amide bonds. The van der Waals surface area contributed by atoms with Crippen LogP contribution in [0.25, 0.3) is 0 Å². The fraction of sp³-hybridized carbons (Fsp3) is 0.632. The summed E-state index contributed by atoms with van der Waals surface area (Å²) in [6, 6.07) is 10.8. The Kier molecular flexibility index (Phi) is 5.54. The minimum Gasteiger partial charge on any atom is -0.381 e. The summed E-state index contributed by atoms with van der Waals surface area (Å²) in [6.45, 7) is 6.25. The Morgan fingerprint density at radius 1 is 1.25 bits per heavy atom. The third-order valence-electron chi connectivity index (χ3n) is 5.31. The van der Waals surface area contributed by atoms with Crippen LogP contribution in [-0.2, 0) is 16.1 Å². The molecule has 5 heteroatoms. The van der Waals surface area contributed by atoms with Crippen molar-refractivity contribution in [3.05, 3.63) is 35.9 Å². The van der Waals surface area contributed by atoms with Crippen molar-refractivity contribution in [3.63, 3.8) is 0 Å². The van der Waals surface area contributed by atoms with E-state index in [1.54, 1.807) is 0 Å². The Hall–Kier alpha value is -1.43. The average Bonchev–Trinajstić information content (AvgIpc) is 2.63. The highest BCUT2D eigenvalue weighted by Crippen LogP contribution is 2.25. The van der Waals surface area contributed by atoms with E-state index in [2.05, 4.69) is 36.1 Å². The van der Waals surface area contributed by atoms with Gasteiger partial charge in [-0.3, -0.25) is 9.69 Å². The Bertz CT molecular complexity index is 543. The topological polar surface area (TPSA) is 53.0 Å². The van der Waals surface area contributed by atoms with Crippen LogP contribution in [0.2, 0.25) is 0 Å². The lowest BCUT2D eigenvalue weighted by atomic mass is 9.92. The summed E-state index contributed by atoms with van der Waals surface area (Å²) in [5.41, 5.74) is 0.0804. The molecule has 2 saturated heterocycles. The third kappa shape index (κ3) is 3.79. The molecule has 3 rings (SSSR count). The number of aliphatic hydroxyl groups is 1. The predicted octanol–water partition coefficient (Wildman–Crippen LogP) is 1.65. The van der Waals surface area contributed by atoms with Gasteiger partial charge in [-0.2, -0.15) is 0 Å². The summed E-state index contributed by atoms with van der Waals surface area (Å²) >= 11 is 0. The molecular weight excluding hydrogens is 304 g/mol. The zero-order valence-corrected chi connectivity index (χ0v) is 14.5. The van der Waals surface area contributed by atoms with Crippen molar-refractivity contribution in [2.75, 3.05) is 32.8 Å². The highest BCUT2D eigenvalue weighted by Gasteiger charge is 2.42. The highest BCUT2D eigenvalue weighted by atomic mass is 16.5. The number of amides is 1. The first-order chi connectivity index (χ1) is 11.6. The van der Waals surface area contributed by atoms with E-state index in [9.17, 15) is 9.90 Å². The monoisotopic (exact) mass is 332 g/mol. The maximum Gasteiger partial charge on any atom is 0.254 e. The van der Waals surface area contributed by atoms with Crippen molar-refractivity contribution in [1.82, 2.24) is 9.80 Å². The van der Waals surface area contributed by atoms with E-state index in [1.807, 2.05) is 11.0 Å². The standard InChI is InChI=1S/C19H28N2O3/c1-2-17-15-21(18(22)19(23)8-12-24-13-9-19)11-10-20(17)14-16-6-4-3-5-7-16/h3-7,17,23H,2,8-15H2,1H3. The molecule has 0 aromatic heterocycles. The number of carbonyl (C=O) groups is 1. The van der Waals surface area contributed by atoms with E-state index in [0.717, 1.165) is 19.5 Å². The van der Waals surface area contributed by atoms with E-state index < -0.39 is 5.60 Å². The van der Waals surface area contributed by atoms with Crippen molar-refractivity contribution in [3.8, 4) is 0 Å². The summed E-state index contributed by atoms with van der Waals surface area (Å²) in [5.74, 6) is -0.108. The first kappa shape index (κ1) is 17.4. The molecule has 0 radical (unpaired) electrons. The second-order valence-electron chi connectivity index (χ2n) is 6.91. The van der Waals surface area contributed by atoms with Gasteiger partial charge in [0, 0.05) is 58.3 Å². The van der Waals surface area contributed by atoms with E-state index in [0.29, 0.717) is 45.2 Å². The summed E-state index contributed by atoms with van der Waals surface area (Å²) in [5, 5.41) is 10.7. The van der Waals surface area contributed by atoms with Crippen LogP contribution in [0, 0.1) is 0 Å². The molecule has 5 nitrogen and oxygen atoms in total. The molecular formula is C19H28N2O3. The lowest BCUT2D eigenvalue weighted by Crippen LogP contribution is -2.60. The minimum atomic E-state index is -1.22. The maximum atomic E-state index is 12.8. The van der Waals surface area contributed by atoms with Crippen LogP contribution >= 0.6 is 0 Å². The van der Waals surface area contributed by atoms with Crippen molar-refractivity contribution in [1.29, 1.82) is 0 Å². The number of benzene rings is 1. The SMILES string of the molecule is CCC1CN(C(=O)C2(O)CCOCC2)CCN1Cc1ccccc1. The largest absolute Gasteiger partial charge is 0.381 e. The van der Waals surface area contributed by atoms with Crippen LogP contribution in [-0.4, -0.2) is 65.3 Å². The second-order valence-corrected chi connectivity index (χ2v) is 6.91. The summed E-state index contributed by atoms with van der Waals surface area (Å²) < 4.78 is 5.29. The van der Waals surface area contributed by atoms with Crippen molar-refractivity contribution in [2.45, 2.75) is 44.4 Å². The van der Waals surface area contributed by atoms with E-state index in [-0.39, 0.29) is 5.91 Å². The van der Waals surface area contributed by atoms with Gasteiger partial charge in [-0.15, -0.1) is 0 Å². The predicted molar refractivity (Wildman–Crippen MR) is 92.5 cm³/mol. The molecule has 1 aromatic rings. The van der Waals surface area contributed by atoms with Gasteiger partial charge >= 0.3 is 0 Å². The maximum absolute atomic E-state index is 12.8. The zero-order valence-electron chi connectivity index (χ0n) is 14.5. The molecule has 0 aliphatic carbocycles. The molecule has 2 aliphatic heterocycles. The van der Waals surface area contributed by atoms with Gasteiger partial charge in [0.05, 0.1) is 0 Å². The van der Waals surface area contributed by atoms with E-state index >= 15 is 0 Å². The second kappa shape index (κ2) is 7.64. The Morgan fingerprint density at radius 3 is 2.62 bits per heavy atom. The molecule has 132 valence electrons. The lowest BCUT2D eigenvalue weighted by molar-refractivity contribution is -0.163. The first-order valence-electron chi connectivity index (χ1n) is 9.00. The molecule has 2 aliphatic rings. The van der Waals surface area contributed by atoms with Gasteiger partial charge in [0.15, 0.2) is 0 Å². The number of carbonyl (C=O) groups excluding carboxylic acids is 1. The summed E-state index contributed by atoms with van der Waals surface area (Å²) in [6.07, 6.45) is 1.82. The molecule has 1 unspecified atom stereocenters. The molecule has 2 fully saturated rings. The smallest absolute Gasteiger partial charge is 0.254 e. The van der Waals surface area contributed by atoms with Crippen LogP contribution in [0.15, 0.2) is 30.3 Å². The first-order valence-corrected chi connectivity index (χ1v) is 9.00. The number of piperazine rings is 1. The van der Waals surface area contributed by atoms with Crippen LogP contribution in [0.5, 0.6) is 0 Å². The van der Waals surface area contributed by atoms with Crippen molar-refractivity contribution >= 4 is 5.91 Å². The molecule has 0 bridgehead atoms. The van der Waals surface area contributed by atoms with Gasteiger partial charge in [0.2, 0.25) is 0 Å². The molecule has 1 aromatic carbocycles. The fourth-order valence-electron chi connectivity index (χ4n) is 3.71. The summed E-state index contributed by atoms with van der Waals surface area (Å²) in [4.78, 5) is 17.1. The summed E-state index contributed by atoms with van der Waals surface area (Å²) in [7, 11) is 0. The number of hydrogen-bond donors (Lipinski definition) is 1. The fourth-order valence-corrected chi connectivity index (χ4v) is 3.71. The number of ether oxygens (including phenoxy) is 1. The van der Waals surface area contributed by atoms with Crippen molar-refractivity contribution in [2.24, 2.45) is 0 Å². The third-order valence-corrected chi connectivity index (χ3v) is 5.31. The number of hydrogen-bond acceptors (Lipinski definition) is 4. The van der Waals surface area contributed by atoms with Crippen LogP contribution in [0.4, 0.5) is 0 Å². The van der Waals surface area contributed by atoms with Gasteiger partial charge in [0.1, 0.15) is 5.60 Å². The average molecular weight is 332 g/mol. The molecule has 1 atom stereocenters. The molecule has 1 N–H and O–H groups in total. The van der Waals surface area contributed by atoms with E-state index in [1.165, 1.54) is 5.56 Å².